The van der Waals surface area contributed by atoms with Crippen LogP contribution in [0.3, 0.4) is 0 Å². The van der Waals surface area contributed by atoms with Crippen molar-refractivity contribution < 1.29 is 14.2 Å². The van der Waals surface area contributed by atoms with Gasteiger partial charge >= 0.3 is 6.01 Å². The Balaban J connectivity index is 1.27. The van der Waals surface area contributed by atoms with Crippen molar-refractivity contribution in [2.75, 3.05) is 50.8 Å². The summed E-state index contributed by atoms with van der Waals surface area (Å²) < 4.78 is 23.2. The number of nitrogens with one attached hydrogen (secondary N) is 2. The van der Waals surface area contributed by atoms with Crippen LogP contribution in [0.4, 0.5) is 10.2 Å². The molecule has 2 atom stereocenters. The number of rotatable bonds is 6. The Morgan fingerprint density at radius 2 is 1.88 bits per heavy atom. The summed E-state index contributed by atoms with van der Waals surface area (Å²) in [4.78, 5) is 19.1. The van der Waals surface area contributed by atoms with E-state index < -0.39 is 5.82 Å². The van der Waals surface area contributed by atoms with Gasteiger partial charge in [0.25, 0.3) is 0 Å². The molecule has 0 saturated carbocycles. The van der Waals surface area contributed by atoms with E-state index >= 15 is 4.39 Å². The Bertz CT molecular complexity index is 1690. The number of aromatic hydroxyl groups is 1. The smallest absolute Gasteiger partial charge is 0.319 e. The van der Waals surface area contributed by atoms with Crippen molar-refractivity contribution in [1.29, 1.82) is 0 Å². The predicted octanol–water partition coefficient (Wildman–Crippen LogP) is 4.01. The zero-order valence-electron chi connectivity index (χ0n) is 24.6. The van der Waals surface area contributed by atoms with Crippen LogP contribution in [0.2, 0.25) is 0 Å². The molecule has 224 valence electrons. The first kappa shape index (κ1) is 27.0. The Morgan fingerprint density at radius 3 is 2.65 bits per heavy atom. The molecule has 9 nitrogen and oxygen atoms in total. The van der Waals surface area contributed by atoms with E-state index in [2.05, 4.69) is 32.3 Å². The molecule has 10 heteroatoms. The van der Waals surface area contributed by atoms with Gasteiger partial charge in [0.05, 0.1) is 10.9 Å². The number of benzene rings is 2. The van der Waals surface area contributed by atoms with Crippen molar-refractivity contribution >= 4 is 27.5 Å². The van der Waals surface area contributed by atoms with Crippen molar-refractivity contribution in [1.82, 2.24) is 30.5 Å². The minimum Gasteiger partial charge on any atom is -0.508 e. The van der Waals surface area contributed by atoms with Crippen molar-refractivity contribution in [2.24, 2.45) is 0 Å². The number of nitrogens with zero attached hydrogens (tertiary/aromatic N) is 5. The average molecular weight is 584 g/mol. The molecule has 8 rings (SSSR count). The highest BCUT2D eigenvalue weighted by Crippen LogP contribution is 2.41. The molecule has 2 bridgehead atoms. The molecule has 2 unspecified atom stereocenters. The number of aryl methyl sites for hydroxylation is 1. The molecule has 0 radical (unpaired) electrons. The molecule has 0 aliphatic carbocycles. The van der Waals surface area contributed by atoms with E-state index in [1.807, 2.05) is 18.2 Å². The number of halogens is 1. The highest BCUT2D eigenvalue weighted by molar-refractivity contribution is 6.01. The van der Waals surface area contributed by atoms with Gasteiger partial charge in [-0.05, 0) is 73.7 Å². The fourth-order valence-electron chi connectivity index (χ4n) is 8.04. The Morgan fingerprint density at radius 1 is 1.09 bits per heavy atom. The van der Waals surface area contributed by atoms with E-state index in [9.17, 15) is 5.11 Å². The number of pyridine rings is 1. The number of aromatic nitrogens is 3. The van der Waals surface area contributed by atoms with E-state index in [0.29, 0.717) is 23.4 Å². The van der Waals surface area contributed by atoms with E-state index in [1.54, 1.807) is 18.3 Å². The molecule has 6 heterocycles. The number of ether oxygens (including phenoxy) is 1. The molecule has 2 aromatic heterocycles. The van der Waals surface area contributed by atoms with E-state index in [0.717, 1.165) is 74.9 Å². The lowest BCUT2D eigenvalue weighted by atomic mass is 9.95. The molecule has 4 aromatic rings. The summed E-state index contributed by atoms with van der Waals surface area (Å²) in [5.41, 5.74) is 2.02. The SMILES string of the molecule is CCc1cccc2cc(O)cc(-c3ncc4c(N5CC6CNCC(C5)N6)nc(OCC56CCCN5CCC6)nc4c3F)c12. The molecule has 2 aromatic carbocycles. The third-order valence-corrected chi connectivity index (χ3v) is 10.0. The monoisotopic (exact) mass is 583 g/mol. The van der Waals surface area contributed by atoms with Gasteiger partial charge in [-0.15, -0.1) is 0 Å². The van der Waals surface area contributed by atoms with E-state index in [4.69, 9.17) is 14.7 Å². The second-order valence-corrected chi connectivity index (χ2v) is 12.7. The summed E-state index contributed by atoms with van der Waals surface area (Å²) in [6, 6.07) is 10.0. The minimum absolute atomic E-state index is 0.0230. The lowest BCUT2D eigenvalue weighted by Gasteiger charge is -2.43. The molecular weight excluding hydrogens is 545 g/mol. The second-order valence-electron chi connectivity index (χ2n) is 12.7. The maximum atomic E-state index is 16.8. The molecular formula is C33H38FN7O2. The topological polar surface area (TPSA) is 98.7 Å². The summed E-state index contributed by atoms with van der Waals surface area (Å²) in [6.07, 6.45) is 7.02. The highest BCUT2D eigenvalue weighted by Gasteiger charge is 2.45. The van der Waals surface area contributed by atoms with Gasteiger partial charge in [-0.2, -0.15) is 9.97 Å². The van der Waals surface area contributed by atoms with Crippen molar-refractivity contribution in [3.63, 3.8) is 0 Å². The first-order valence-electron chi connectivity index (χ1n) is 15.7. The molecule has 4 fully saturated rings. The van der Waals surface area contributed by atoms with Gasteiger partial charge < -0.3 is 25.4 Å². The van der Waals surface area contributed by atoms with Gasteiger partial charge in [0, 0.05) is 50.0 Å². The zero-order chi connectivity index (χ0) is 29.1. The van der Waals surface area contributed by atoms with Gasteiger partial charge in [-0.1, -0.05) is 25.1 Å². The summed E-state index contributed by atoms with van der Waals surface area (Å²) >= 11 is 0. The van der Waals surface area contributed by atoms with Crippen LogP contribution in [0.15, 0.2) is 36.5 Å². The summed E-state index contributed by atoms with van der Waals surface area (Å²) in [5, 5.41) is 20.1. The van der Waals surface area contributed by atoms with Crippen LogP contribution < -0.4 is 20.3 Å². The van der Waals surface area contributed by atoms with Crippen molar-refractivity contribution in [3.05, 3.63) is 47.9 Å². The van der Waals surface area contributed by atoms with Crippen LogP contribution in [0.1, 0.15) is 38.2 Å². The fraction of sp³-hybridized carbons (Fsp3) is 0.485. The summed E-state index contributed by atoms with van der Waals surface area (Å²) in [5.74, 6) is 0.211. The van der Waals surface area contributed by atoms with Gasteiger partial charge in [-0.3, -0.25) is 9.88 Å². The van der Waals surface area contributed by atoms with Crippen LogP contribution in [0.5, 0.6) is 11.8 Å². The van der Waals surface area contributed by atoms with Crippen LogP contribution in [-0.4, -0.2) is 88.5 Å². The zero-order valence-corrected chi connectivity index (χ0v) is 24.6. The second kappa shape index (κ2) is 10.5. The maximum Gasteiger partial charge on any atom is 0.319 e. The summed E-state index contributed by atoms with van der Waals surface area (Å²) in [6.45, 7) is 8.02. The molecule has 43 heavy (non-hydrogen) atoms. The number of hydrogen-bond donors (Lipinski definition) is 3. The number of piperazine rings is 2. The fourth-order valence-corrected chi connectivity index (χ4v) is 8.04. The molecule has 4 aliphatic heterocycles. The Labute approximate surface area is 250 Å². The Hall–Kier alpha value is -3.60. The van der Waals surface area contributed by atoms with Crippen molar-refractivity contribution in [2.45, 2.75) is 56.7 Å². The first-order valence-corrected chi connectivity index (χ1v) is 15.7. The quantitative estimate of drug-likeness (QED) is 0.311. The number of fused-ring (bicyclic) bond motifs is 5. The maximum absolute atomic E-state index is 16.8. The summed E-state index contributed by atoms with van der Waals surface area (Å²) in [7, 11) is 0. The molecule has 0 spiro atoms. The van der Waals surface area contributed by atoms with Gasteiger partial charge in [0.1, 0.15) is 29.4 Å². The molecule has 0 amide bonds. The van der Waals surface area contributed by atoms with Crippen LogP contribution in [0.25, 0.3) is 32.9 Å². The average Bonchev–Trinajstić information content (AvgIpc) is 3.60. The van der Waals surface area contributed by atoms with Gasteiger partial charge in [0.2, 0.25) is 0 Å². The van der Waals surface area contributed by atoms with E-state index in [-0.39, 0.29) is 40.6 Å². The van der Waals surface area contributed by atoms with Gasteiger partial charge in [0.15, 0.2) is 5.82 Å². The number of phenols is 1. The number of phenolic OH excluding ortho intramolecular Hbond substituents is 1. The third kappa shape index (κ3) is 4.58. The lowest BCUT2D eigenvalue weighted by molar-refractivity contribution is 0.108. The minimum atomic E-state index is -0.526. The largest absolute Gasteiger partial charge is 0.508 e. The van der Waals surface area contributed by atoms with Crippen molar-refractivity contribution in [3.8, 4) is 23.0 Å². The normalized spacial score (nSPS) is 23.3. The molecule has 3 N–H and O–H groups in total. The van der Waals surface area contributed by atoms with Crippen LogP contribution in [-0.2, 0) is 6.42 Å². The standard InChI is InChI=1S/C33H38FN7O2/c1-2-20-6-3-7-21-12-24(42)13-25(27(20)21)29-28(34)30-26(16-36-29)31(40-17-22-14-35-15-23(18-40)37-22)39-32(38-30)43-19-33-8-4-10-41(33)11-5-9-33/h3,6-7,12-13,16,22-23,35,37,42H,2,4-5,8-11,14-15,17-19H2,1H3. The number of anilines is 1. The molecule has 4 aliphatic rings. The predicted molar refractivity (Wildman–Crippen MR) is 165 cm³/mol. The van der Waals surface area contributed by atoms with Crippen LogP contribution >= 0.6 is 0 Å². The Kier molecular flexibility index (Phi) is 6.61. The van der Waals surface area contributed by atoms with E-state index in [1.165, 1.54) is 12.8 Å². The number of hydrogen-bond acceptors (Lipinski definition) is 9. The van der Waals surface area contributed by atoms with Crippen LogP contribution in [0, 0.1) is 5.82 Å². The van der Waals surface area contributed by atoms with Gasteiger partial charge in [-0.25, -0.2) is 4.39 Å². The highest BCUT2D eigenvalue weighted by atomic mass is 19.1. The first-order chi connectivity index (χ1) is 21.0. The third-order valence-electron chi connectivity index (χ3n) is 10.0. The molecule has 4 saturated heterocycles. The lowest BCUT2D eigenvalue weighted by Crippen LogP contribution is -2.66.